The van der Waals surface area contributed by atoms with Crippen molar-refractivity contribution in [1.29, 1.82) is 0 Å². The number of rotatable bonds is 1. The van der Waals surface area contributed by atoms with E-state index in [0.717, 1.165) is 10.0 Å². The Kier molecular flexibility index (Phi) is 2.69. The monoisotopic (exact) mass is 245 g/mol. The molecule has 1 radical (unpaired) electrons. The summed E-state index contributed by atoms with van der Waals surface area (Å²) in [4.78, 5) is 0. The van der Waals surface area contributed by atoms with Gasteiger partial charge in [-0.3, -0.25) is 0 Å². The third-order valence-corrected chi connectivity index (χ3v) is 2.93. The third kappa shape index (κ3) is 1.88. The lowest BCUT2D eigenvalue weighted by atomic mass is 10.0. The second-order valence-electron chi connectivity index (χ2n) is 3.17. The van der Waals surface area contributed by atoms with E-state index in [1.54, 1.807) is 0 Å². The summed E-state index contributed by atoms with van der Waals surface area (Å²) >= 11 is 3.44. The first kappa shape index (κ1) is 9.47. The minimum Gasteiger partial charge on any atom is -0.0622 e. The molecule has 0 bridgehead atoms. The second-order valence-corrected chi connectivity index (χ2v) is 4.03. The van der Waals surface area contributed by atoms with E-state index in [4.69, 9.17) is 0 Å². The molecular weight excluding hydrogens is 236 g/mol. The van der Waals surface area contributed by atoms with E-state index < -0.39 is 0 Å². The molecule has 2 aromatic carbocycles. The normalized spacial score (nSPS) is 10.1. The van der Waals surface area contributed by atoms with Gasteiger partial charge in [-0.2, -0.15) is 0 Å². The highest BCUT2D eigenvalue weighted by Crippen LogP contribution is 2.24. The lowest BCUT2D eigenvalue weighted by molar-refractivity contribution is 1.53. The fraction of sp³-hybridized carbons (Fsp3) is 0. The largest absolute Gasteiger partial charge is 0.0622 e. The maximum atomic E-state index is 3.96. The number of benzene rings is 2. The van der Waals surface area contributed by atoms with Crippen LogP contribution in [0, 0.1) is 6.92 Å². The van der Waals surface area contributed by atoms with Gasteiger partial charge in [0.25, 0.3) is 0 Å². The second kappa shape index (κ2) is 3.97. The third-order valence-electron chi connectivity index (χ3n) is 2.15. The Morgan fingerprint density at radius 3 is 2.21 bits per heavy atom. The van der Waals surface area contributed by atoms with Gasteiger partial charge in [-0.15, -0.1) is 0 Å². The molecule has 14 heavy (non-hydrogen) atoms. The van der Waals surface area contributed by atoms with E-state index in [1.807, 2.05) is 24.3 Å². The van der Waals surface area contributed by atoms with Gasteiger partial charge in [0, 0.05) is 4.47 Å². The van der Waals surface area contributed by atoms with Gasteiger partial charge in [0.1, 0.15) is 0 Å². The molecule has 0 fully saturated rings. The van der Waals surface area contributed by atoms with Gasteiger partial charge in [0.15, 0.2) is 0 Å². The average Bonchev–Trinajstić information content (AvgIpc) is 2.23. The summed E-state index contributed by atoms with van der Waals surface area (Å²) in [6, 6.07) is 16.5. The van der Waals surface area contributed by atoms with Crippen LogP contribution in [0.4, 0.5) is 0 Å². The van der Waals surface area contributed by atoms with E-state index in [0.29, 0.717) is 0 Å². The molecule has 69 valence electrons. The molecule has 0 saturated carbocycles. The van der Waals surface area contributed by atoms with Crippen molar-refractivity contribution >= 4 is 15.9 Å². The molecule has 0 heterocycles. The van der Waals surface area contributed by atoms with Crippen LogP contribution in [0.2, 0.25) is 0 Å². The molecule has 2 rings (SSSR count). The highest BCUT2D eigenvalue weighted by molar-refractivity contribution is 9.10. The summed E-state index contributed by atoms with van der Waals surface area (Å²) in [6.45, 7) is 3.96. The summed E-state index contributed by atoms with van der Waals surface area (Å²) in [5.74, 6) is 0. The van der Waals surface area contributed by atoms with Gasteiger partial charge < -0.3 is 0 Å². The van der Waals surface area contributed by atoms with Crippen molar-refractivity contribution in [3.05, 3.63) is 65.5 Å². The molecule has 0 nitrogen and oxygen atoms in total. The molecule has 0 aromatic heterocycles. The SMILES string of the molecule is [CH2]c1cc(-c2ccccc2)ccc1Br. The molecule has 0 saturated heterocycles. The minimum absolute atomic E-state index is 1.02. The molecular formula is C13H10Br. The zero-order chi connectivity index (χ0) is 9.97. The van der Waals surface area contributed by atoms with E-state index in [9.17, 15) is 0 Å². The number of hydrogen-bond donors (Lipinski definition) is 0. The Balaban J connectivity index is 2.48. The predicted molar refractivity (Wildman–Crippen MR) is 64.0 cm³/mol. The van der Waals surface area contributed by atoms with Gasteiger partial charge in [-0.1, -0.05) is 58.4 Å². The molecule has 0 aliphatic carbocycles. The topological polar surface area (TPSA) is 0 Å². The van der Waals surface area contributed by atoms with Gasteiger partial charge in [-0.05, 0) is 29.7 Å². The van der Waals surface area contributed by atoms with Gasteiger partial charge >= 0.3 is 0 Å². The van der Waals surface area contributed by atoms with Crippen molar-refractivity contribution in [2.24, 2.45) is 0 Å². The molecule has 0 amide bonds. The van der Waals surface area contributed by atoms with Crippen LogP contribution < -0.4 is 0 Å². The van der Waals surface area contributed by atoms with Crippen molar-refractivity contribution < 1.29 is 0 Å². The molecule has 0 atom stereocenters. The molecule has 2 aromatic rings. The van der Waals surface area contributed by atoms with Crippen molar-refractivity contribution in [2.45, 2.75) is 0 Å². The van der Waals surface area contributed by atoms with Crippen LogP contribution in [0.3, 0.4) is 0 Å². The van der Waals surface area contributed by atoms with Crippen LogP contribution in [-0.2, 0) is 0 Å². The van der Waals surface area contributed by atoms with Gasteiger partial charge in [0.05, 0.1) is 0 Å². The molecule has 0 aliphatic rings. The Bertz CT molecular complexity index is 432. The Morgan fingerprint density at radius 1 is 0.857 bits per heavy atom. The summed E-state index contributed by atoms with van der Waals surface area (Å²) in [5, 5.41) is 0. The van der Waals surface area contributed by atoms with Crippen LogP contribution in [0.1, 0.15) is 5.56 Å². The van der Waals surface area contributed by atoms with Crippen molar-refractivity contribution in [3.63, 3.8) is 0 Å². The molecule has 1 heteroatoms. The number of hydrogen-bond acceptors (Lipinski definition) is 0. The zero-order valence-electron chi connectivity index (χ0n) is 7.70. The van der Waals surface area contributed by atoms with Crippen LogP contribution in [0.5, 0.6) is 0 Å². The van der Waals surface area contributed by atoms with E-state index in [2.05, 4.69) is 47.1 Å². The summed E-state index contributed by atoms with van der Waals surface area (Å²) < 4.78 is 1.05. The number of halogens is 1. The summed E-state index contributed by atoms with van der Waals surface area (Å²) in [6.07, 6.45) is 0. The van der Waals surface area contributed by atoms with Crippen LogP contribution >= 0.6 is 15.9 Å². The molecule has 0 aliphatic heterocycles. The minimum atomic E-state index is 1.02. The summed E-state index contributed by atoms with van der Waals surface area (Å²) in [5.41, 5.74) is 3.45. The molecule has 0 N–H and O–H groups in total. The maximum absolute atomic E-state index is 3.96. The van der Waals surface area contributed by atoms with E-state index in [-0.39, 0.29) is 0 Å². The first-order valence-corrected chi connectivity index (χ1v) is 5.23. The molecule has 0 spiro atoms. The van der Waals surface area contributed by atoms with Gasteiger partial charge in [0.2, 0.25) is 0 Å². The quantitative estimate of drug-likeness (QED) is 0.703. The van der Waals surface area contributed by atoms with E-state index in [1.165, 1.54) is 11.1 Å². The Hall–Kier alpha value is -1.08. The highest BCUT2D eigenvalue weighted by atomic mass is 79.9. The highest BCUT2D eigenvalue weighted by Gasteiger charge is 1.98. The lowest BCUT2D eigenvalue weighted by Gasteiger charge is -2.03. The van der Waals surface area contributed by atoms with Crippen LogP contribution in [-0.4, -0.2) is 0 Å². The fourth-order valence-electron chi connectivity index (χ4n) is 1.38. The Labute approximate surface area is 92.7 Å². The first-order chi connectivity index (χ1) is 6.77. The smallest absolute Gasteiger partial charge is 0.0207 e. The molecule has 0 unspecified atom stereocenters. The summed E-state index contributed by atoms with van der Waals surface area (Å²) in [7, 11) is 0. The van der Waals surface area contributed by atoms with Crippen molar-refractivity contribution in [3.8, 4) is 11.1 Å². The van der Waals surface area contributed by atoms with E-state index >= 15 is 0 Å². The lowest BCUT2D eigenvalue weighted by Crippen LogP contribution is -1.80. The van der Waals surface area contributed by atoms with Gasteiger partial charge in [-0.25, -0.2) is 0 Å². The fourth-order valence-corrected chi connectivity index (χ4v) is 1.63. The van der Waals surface area contributed by atoms with Crippen LogP contribution in [0.25, 0.3) is 11.1 Å². The Morgan fingerprint density at radius 2 is 1.57 bits per heavy atom. The van der Waals surface area contributed by atoms with Crippen molar-refractivity contribution in [2.75, 3.05) is 0 Å². The predicted octanol–water partition coefficient (Wildman–Crippen LogP) is 4.30. The standard InChI is InChI=1S/C13H10Br/c1-10-9-12(7-8-13(10)14)11-5-3-2-4-6-11/h2-9H,1H2. The maximum Gasteiger partial charge on any atom is 0.0207 e. The zero-order valence-corrected chi connectivity index (χ0v) is 9.29. The first-order valence-electron chi connectivity index (χ1n) is 4.44. The average molecular weight is 246 g/mol. The van der Waals surface area contributed by atoms with Crippen LogP contribution in [0.15, 0.2) is 53.0 Å². The van der Waals surface area contributed by atoms with Crippen molar-refractivity contribution in [1.82, 2.24) is 0 Å².